The third-order valence-corrected chi connectivity index (χ3v) is 2.40. The molecule has 0 amide bonds. The molecule has 1 heterocycles. The molecule has 0 radical (unpaired) electrons. The average Bonchev–Trinajstić information content (AvgIpc) is 2.82. The maximum absolute atomic E-state index is 5.38. The number of hydrogen-bond acceptors (Lipinski definition) is 5. The summed E-state index contributed by atoms with van der Waals surface area (Å²) >= 11 is 0. The summed E-state index contributed by atoms with van der Waals surface area (Å²) in [6.45, 7) is 5.07. The third kappa shape index (κ3) is 6.70. The fourth-order valence-corrected chi connectivity index (χ4v) is 1.43. The minimum Gasteiger partial charge on any atom is -0.383 e. The Balaban J connectivity index is 2.10. The summed E-state index contributed by atoms with van der Waals surface area (Å²) in [5.74, 6) is 0. The van der Waals surface area contributed by atoms with Gasteiger partial charge in [-0.3, -0.25) is 4.68 Å². The van der Waals surface area contributed by atoms with Crippen molar-refractivity contribution < 1.29 is 14.2 Å². The summed E-state index contributed by atoms with van der Waals surface area (Å²) in [6.07, 6.45) is 3.90. The van der Waals surface area contributed by atoms with Gasteiger partial charge in [0.2, 0.25) is 0 Å². The molecule has 0 unspecified atom stereocenters. The van der Waals surface area contributed by atoms with Crippen LogP contribution >= 0.6 is 0 Å². The van der Waals surface area contributed by atoms with Gasteiger partial charge in [-0.1, -0.05) is 0 Å². The van der Waals surface area contributed by atoms with Gasteiger partial charge in [-0.05, 0) is 0 Å². The van der Waals surface area contributed by atoms with Gasteiger partial charge < -0.3 is 19.5 Å². The van der Waals surface area contributed by atoms with Gasteiger partial charge in [-0.25, -0.2) is 0 Å². The highest BCUT2D eigenvalue weighted by Crippen LogP contribution is 1.97. The SMILES string of the molecule is COCCNCc1cnn(CCOCCOC)c1. The first-order valence-electron chi connectivity index (χ1n) is 6.14. The highest BCUT2D eigenvalue weighted by molar-refractivity contribution is 5.03. The van der Waals surface area contributed by atoms with Crippen LogP contribution in [-0.4, -0.2) is 57.0 Å². The van der Waals surface area contributed by atoms with Gasteiger partial charge >= 0.3 is 0 Å². The number of ether oxygens (including phenoxy) is 3. The zero-order valence-electron chi connectivity index (χ0n) is 11.2. The number of aromatic nitrogens is 2. The van der Waals surface area contributed by atoms with Crippen molar-refractivity contribution in [1.29, 1.82) is 0 Å². The molecule has 0 saturated carbocycles. The van der Waals surface area contributed by atoms with Gasteiger partial charge in [0, 0.05) is 39.1 Å². The molecule has 1 aromatic rings. The Morgan fingerprint density at radius 3 is 2.78 bits per heavy atom. The van der Waals surface area contributed by atoms with Crippen molar-refractivity contribution in [1.82, 2.24) is 15.1 Å². The lowest BCUT2D eigenvalue weighted by Gasteiger charge is -2.03. The Labute approximate surface area is 108 Å². The topological polar surface area (TPSA) is 57.5 Å². The highest BCUT2D eigenvalue weighted by atomic mass is 16.5. The molecule has 0 aromatic carbocycles. The van der Waals surface area contributed by atoms with E-state index in [1.807, 2.05) is 17.1 Å². The molecular formula is C12H23N3O3. The second-order valence-corrected chi connectivity index (χ2v) is 3.89. The first-order chi connectivity index (χ1) is 8.86. The molecule has 1 N–H and O–H groups in total. The number of nitrogens with zero attached hydrogens (tertiary/aromatic N) is 2. The summed E-state index contributed by atoms with van der Waals surface area (Å²) in [6, 6.07) is 0. The Bertz CT molecular complexity index is 305. The van der Waals surface area contributed by atoms with Crippen LogP contribution in [0.15, 0.2) is 12.4 Å². The summed E-state index contributed by atoms with van der Waals surface area (Å²) in [7, 11) is 3.36. The van der Waals surface area contributed by atoms with Crippen molar-refractivity contribution in [3.63, 3.8) is 0 Å². The van der Waals surface area contributed by atoms with Gasteiger partial charge in [-0.15, -0.1) is 0 Å². The molecule has 0 saturated heterocycles. The van der Waals surface area contributed by atoms with E-state index in [0.29, 0.717) is 19.8 Å². The smallest absolute Gasteiger partial charge is 0.0701 e. The molecule has 0 spiro atoms. The minimum absolute atomic E-state index is 0.628. The number of methoxy groups -OCH3 is 2. The van der Waals surface area contributed by atoms with Crippen molar-refractivity contribution >= 4 is 0 Å². The lowest BCUT2D eigenvalue weighted by Crippen LogP contribution is -2.18. The highest BCUT2D eigenvalue weighted by Gasteiger charge is 1.98. The number of hydrogen-bond donors (Lipinski definition) is 1. The number of nitrogens with one attached hydrogen (secondary N) is 1. The first kappa shape index (κ1) is 15.1. The van der Waals surface area contributed by atoms with E-state index in [-0.39, 0.29) is 0 Å². The molecule has 0 bridgehead atoms. The van der Waals surface area contributed by atoms with E-state index in [1.54, 1.807) is 14.2 Å². The maximum atomic E-state index is 5.38. The Morgan fingerprint density at radius 1 is 1.17 bits per heavy atom. The van der Waals surface area contributed by atoms with Crippen molar-refractivity contribution in [3.05, 3.63) is 18.0 Å². The van der Waals surface area contributed by atoms with Crippen LogP contribution in [0.1, 0.15) is 5.56 Å². The van der Waals surface area contributed by atoms with E-state index >= 15 is 0 Å². The van der Waals surface area contributed by atoms with Gasteiger partial charge in [0.25, 0.3) is 0 Å². The molecule has 0 atom stereocenters. The van der Waals surface area contributed by atoms with Gasteiger partial charge in [-0.2, -0.15) is 5.10 Å². The van der Waals surface area contributed by atoms with Crippen LogP contribution in [0.5, 0.6) is 0 Å². The van der Waals surface area contributed by atoms with E-state index in [4.69, 9.17) is 14.2 Å². The van der Waals surface area contributed by atoms with Crippen LogP contribution in [0.3, 0.4) is 0 Å². The van der Waals surface area contributed by atoms with E-state index < -0.39 is 0 Å². The predicted octanol–water partition coefficient (Wildman–Crippen LogP) is 0.282. The number of rotatable bonds is 11. The predicted molar refractivity (Wildman–Crippen MR) is 68.5 cm³/mol. The Kier molecular flexibility index (Phi) is 8.41. The molecule has 0 aliphatic heterocycles. The molecular weight excluding hydrogens is 234 g/mol. The monoisotopic (exact) mass is 257 g/mol. The van der Waals surface area contributed by atoms with Crippen LogP contribution in [-0.2, 0) is 27.3 Å². The van der Waals surface area contributed by atoms with Gasteiger partial charge in [0.1, 0.15) is 0 Å². The molecule has 1 aromatic heterocycles. The molecule has 6 heteroatoms. The fraction of sp³-hybridized carbons (Fsp3) is 0.750. The van der Waals surface area contributed by atoms with E-state index in [9.17, 15) is 0 Å². The van der Waals surface area contributed by atoms with Gasteiger partial charge in [0.15, 0.2) is 0 Å². The standard InChI is InChI=1S/C12H23N3O3/c1-16-5-3-13-9-12-10-14-15(11-12)4-6-18-8-7-17-2/h10-11,13H,3-9H2,1-2H3. The largest absolute Gasteiger partial charge is 0.383 e. The van der Waals surface area contributed by atoms with Crippen molar-refractivity contribution in [3.8, 4) is 0 Å². The Hall–Kier alpha value is -0.950. The molecule has 104 valence electrons. The first-order valence-corrected chi connectivity index (χ1v) is 6.14. The van der Waals surface area contributed by atoms with Crippen molar-refractivity contribution in [2.75, 3.05) is 47.2 Å². The molecule has 18 heavy (non-hydrogen) atoms. The molecule has 6 nitrogen and oxygen atoms in total. The van der Waals surface area contributed by atoms with Crippen LogP contribution in [0.4, 0.5) is 0 Å². The molecule has 0 aliphatic rings. The second-order valence-electron chi connectivity index (χ2n) is 3.89. The summed E-state index contributed by atoms with van der Waals surface area (Å²) in [4.78, 5) is 0. The quantitative estimate of drug-likeness (QED) is 0.577. The molecule has 0 fully saturated rings. The zero-order chi connectivity index (χ0) is 13.1. The van der Waals surface area contributed by atoms with Crippen LogP contribution in [0.2, 0.25) is 0 Å². The zero-order valence-corrected chi connectivity index (χ0v) is 11.2. The van der Waals surface area contributed by atoms with E-state index in [0.717, 1.165) is 26.2 Å². The lowest BCUT2D eigenvalue weighted by atomic mass is 10.3. The van der Waals surface area contributed by atoms with E-state index in [2.05, 4.69) is 10.4 Å². The summed E-state index contributed by atoms with van der Waals surface area (Å²) < 4.78 is 17.1. The summed E-state index contributed by atoms with van der Waals surface area (Å²) in [5, 5.41) is 7.54. The lowest BCUT2D eigenvalue weighted by molar-refractivity contribution is 0.0654. The summed E-state index contributed by atoms with van der Waals surface area (Å²) in [5.41, 5.74) is 1.17. The van der Waals surface area contributed by atoms with Gasteiger partial charge in [0.05, 0.1) is 39.2 Å². The third-order valence-electron chi connectivity index (χ3n) is 2.40. The van der Waals surface area contributed by atoms with Crippen molar-refractivity contribution in [2.45, 2.75) is 13.1 Å². The van der Waals surface area contributed by atoms with Crippen molar-refractivity contribution in [2.24, 2.45) is 0 Å². The van der Waals surface area contributed by atoms with Crippen LogP contribution < -0.4 is 5.32 Å². The molecule has 0 aliphatic carbocycles. The molecule has 1 rings (SSSR count). The normalized spacial score (nSPS) is 11.0. The maximum Gasteiger partial charge on any atom is 0.0701 e. The fourth-order valence-electron chi connectivity index (χ4n) is 1.43. The Morgan fingerprint density at radius 2 is 2.00 bits per heavy atom. The van der Waals surface area contributed by atoms with Crippen LogP contribution in [0.25, 0.3) is 0 Å². The second kappa shape index (κ2) is 10.0. The average molecular weight is 257 g/mol. The minimum atomic E-state index is 0.628. The van der Waals surface area contributed by atoms with E-state index in [1.165, 1.54) is 5.56 Å². The van der Waals surface area contributed by atoms with Crippen LogP contribution in [0, 0.1) is 0 Å².